The number of imide groups is 1. The molecule has 0 bridgehead atoms. The van der Waals surface area contributed by atoms with E-state index in [2.05, 4.69) is 0 Å². The lowest BCUT2D eigenvalue weighted by molar-refractivity contribution is -0.139. The standard InChI is InChI=1S/C39H30N2O6/c1-25(42)41-31-20-11-9-18-29(31)39(36(41)45)34(33(43)27-15-6-3-7-16-27)37(24-38(39,46)32-21-12-22-47-32)28-17-8-10-19-30(28)40(35(37)44)23-26-13-4-2-5-14-26/h2-22,34,46H,23-24H2,1H3/t34-,37-,38+,39+/m1/s1. The number of hydrogen-bond donors (Lipinski definition) is 1. The molecule has 232 valence electrons. The van der Waals surface area contributed by atoms with Crippen LogP contribution in [0.25, 0.3) is 0 Å². The number of hydrogen-bond acceptors (Lipinski definition) is 6. The number of Topliss-reactive ketones (excluding diaryl/α,β-unsaturated/α-hetero) is 1. The largest absolute Gasteiger partial charge is 0.466 e. The first-order valence-corrected chi connectivity index (χ1v) is 15.5. The first-order chi connectivity index (χ1) is 22.8. The number of rotatable bonds is 5. The number of furan rings is 1. The highest BCUT2D eigenvalue weighted by molar-refractivity contribution is 6.27. The van der Waals surface area contributed by atoms with Crippen molar-refractivity contribution in [1.29, 1.82) is 0 Å². The number of fused-ring (bicyclic) bond motifs is 4. The number of carbonyl (C=O) groups is 4. The van der Waals surface area contributed by atoms with Crippen LogP contribution in [0.2, 0.25) is 0 Å². The van der Waals surface area contributed by atoms with Gasteiger partial charge in [0.25, 0.3) is 0 Å². The van der Waals surface area contributed by atoms with Gasteiger partial charge < -0.3 is 14.4 Å². The van der Waals surface area contributed by atoms with E-state index in [1.54, 1.807) is 83.8 Å². The molecular weight excluding hydrogens is 592 g/mol. The summed E-state index contributed by atoms with van der Waals surface area (Å²) in [5, 5.41) is 13.4. The van der Waals surface area contributed by atoms with Crippen LogP contribution >= 0.6 is 0 Å². The van der Waals surface area contributed by atoms with Gasteiger partial charge in [-0.25, -0.2) is 4.90 Å². The Morgan fingerprint density at radius 2 is 1.38 bits per heavy atom. The summed E-state index contributed by atoms with van der Waals surface area (Å²) in [5.41, 5.74) is -3.25. The molecule has 2 aliphatic heterocycles. The molecule has 0 saturated heterocycles. The van der Waals surface area contributed by atoms with Gasteiger partial charge in [0.05, 0.1) is 29.8 Å². The van der Waals surface area contributed by atoms with E-state index in [9.17, 15) is 9.90 Å². The molecule has 47 heavy (non-hydrogen) atoms. The number of ketones is 1. The van der Waals surface area contributed by atoms with Crippen LogP contribution in [0.4, 0.5) is 11.4 Å². The fraction of sp³-hybridized carbons (Fsp3) is 0.179. The Labute approximate surface area is 270 Å². The molecule has 1 N–H and O–H groups in total. The lowest BCUT2D eigenvalue weighted by atomic mass is 9.59. The van der Waals surface area contributed by atoms with Gasteiger partial charge in [0.1, 0.15) is 16.8 Å². The smallest absolute Gasteiger partial charge is 0.248 e. The van der Waals surface area contributed by atoms with E-state index in [0.29, 0.717) is 11.3 Å². The summed E-state index contributed by atoms with van der Waals surface area (Å²) in [6, 6.07) is 35.2. The Kier molecular flexibility index (Phi) is 6.26. The van der Waals surface area contributed by atoms with E-state index in [1.807, 2.05) is 42.5 Å². The van der Waals surface area contributed by atoms with Crippen molar-refractivity contribution in [2.24, 2.45) is 5.92 Å². The summed E-state index contributed by atoms with van der Waals surface area (Å²) in [7, 11) is 0. The molecule has 0 unspecified atom stereocenters. The number of nitrogens with zero attached hydrogens (tertiary/aromatic N) is 2. The second-order valence-electron chi connectivity index (χ2n) is 12.5. The summed E-state index contributed by atoms with van der Waals surface area (Å²) >= 11 is 0. The van der Waals surface area contributed by atoms with E-state index < -0.39 is 45.9 Å². The zero-order valence-electron chi connectivity index (χ0n) is 25.5. The quantitative estimate of drug-likeness (QED) is 0.253. The molecule has 4 atom stereocenters. The average Bonchev–Trinajstić information content (AvgIpc) is 3.83. The van der Waals surface area contributed by atoms with Crippen LogP contribution in [0.1, 0.15) is 46.2 Å². The van der Waals surface area contributed by atoms with Crippen molar-refractivity contribution < 1.29 is 28.7 Å². The van der Waals surface area contributed by atoms with Crippen LogP contribution in [0.3, 0.4) is 0 Å². The summed E-state index contributed by atoms with van der Waals surface area (Å²) in [6.07, 6.45) is 1.05. The molecule has 4 aromatic carbocycles. The first kappa shape index (κ1) is 28.8. The second-order valence-corrected chi connectivity index (χ2v) is 12.5. The molecule has 8 nitrogen and oxygen atoms in total. The first-order valence-electron chi connectivity index (χ1n) is 15.5. The molecule has 1 saturated carbocycles. The number of carbonyl (C=O) groups excluding carboxylic acids is 4. The van der Waals surface area contributed by atoms with E-state index in [-0.39, 0.29) is 35.5 Å². The minimum Gasteiger partial charge on any atom is -0.466 e. The number of aliphatic hydroxyl groups is 1. The third kappa shape index (κ3) is 3.61. The molecule has 0 radical (unpaired) electrons. The van der Waals surface area contributed by atoms with Crippen molar-refractivity contribution in [3.63, 3.8) is 0 Å². The van der Waals surface area contributed by atoms with Gasteiger partial charge in [-0.3, -0.25) is 19.2 Å². The lowest BCUT2D eigenvalue weighted by Crippen LogP contribution is -2.59. The van der Waals surface area contributed by atoms with Crippen LogP contribution in [0.5, 0.6) is 0 Å². The zero-order chi connectivity index (χ0) is 32.6. The number of benzene rings is 4. The van der Waals surface area contributed by atoms with Crippen molar-refractivity contribution in [3.05, 3.63) is 156 Å². The Balaban J connectivity index is 1.49. The number of para-hydroxylation sites is 2. The van der Waals surface area contributed by atoms with Gasteiger partial charge in [0.15, 0.2) is 5.78 Å². The maximum Gasteiger partial charge on any atom is 0.248 e. The van der Waals surface area contributed by atoms with Crippen molar-refractivity contribution in [3.8, 4) is 0 Å². The summed E-state index contributed by atoms with van der Waals surface area (Å²) in [5.74, 6) is -3.70. The second kappa shape index (κ2) is 10.2. The fourth-order valence-electron chi connectivity index (χ4n) is 8.56. The number of amides is 3. The Morgan fingerprint density at radius 3 is 2.04 bits per heavy atom. The van der Waals surface area contributed by atoms with Crippen LogP contribution in [-0.4, -0.2) is 28.6 Å². The van der Waals surface area contributed by atoms with Crippen molar-refractivity contribution in [2.45, 2.75) is 36.3 Å². The van der Waals surface area contributed by atoms with Gasteiger partial charge >= 0.3 is 0 Å². The minimum atomic E-state index is -2.23. The zero-order valence-corrected chi connectivity index (χ0v) is 25.5. The van der Waals surface area contributed by atoms with Gasteiger partial charge in [0.2, 0.25) is 17.7 Å². The van der Waals surface area contributed by atoms with E-state index in [1.165, 1.54) is 13.2 Å². The van der Waals surface area contributed by atoms with Crippen molar-refractivity contribution >= 4 is 34.9 Å². The molecule has 3 amide bonds. The van der Waals surface area contributed by atoms with Gasteiger partial charge in [-0.05, 0) is 41.0 Å². The van der Waals surface area contributed by atoms with Crippen LogP contribution in [-0.2, 0) is 37.4 Å². The molecule has 1 fully saturated rings. The van der Waals surface area contributed by atoms with E-state index in [4.69, 9.17) is 4.42 Å². The van der Waals surface area contributed by atoms with Gasteiger partial charge in [-0.1, -0.05) is 97.1 Å². The average molecular weight is 623 g/mol. The predicted molar refractivity (Wildman–Crippen MR) is 174 cm³/mol. The highest BCUT2D eigenvalue weighted by Crippen LogP contribution is 2.71. The summed E-state index contributed by atoms with van der Waals surface area (Å²) in [6.45, 7) is 1.48. The summed E-state index contributed by atoms with van der Waals surface area (Å²) in [4.78, 5) is 61.9. The molecule has 3 aliphatic rings. The molecule has 5 aromatic rings. The maximum absolute atomic E-state index is 15.4. The monoisotopic (exact) mass is 622 g/mol. The topological polar surface area (TPSA) is 108 Å². The third-order valence-corrected chi connectivity index (χ3v) is 10.3. The minimum absolute atomic E-state index is 0.0283. The molecule has 1 aromatic heterocycles. The van der Waals surface area contributed by atoms with Crippen molar-refractivity contribution in [1.82, 2.24) is 0 Å². The van der Waals surface area contributed by atoms with Gasteiger partial charge in [0, 0.05) is 24.6 Å². The fourth-order valence-corrected chi connectivity index (χ4v) is 8.56. The Bertz CT molecular complexity index is 2080. The molecule has 8 rings (SSSR count). The highest BCUT2D eigenvalue weighted by Gasteiger charge is 2.83. The summed E-state index contributed by atoms with van der Waals surface area (Å²) < 4.78 is 5.91. The molecular formula is C39H30N2O6. The van der Waals surface area contributed by atoms with Crippen molar-refractivity contribution in [2.75, 3.05) is 9.80 Å². The highest BCUT2D eigenvalue weighted by atomic mass is 16.4. The van der Waals surface area contributed by atoms with Crippen LogP contribution < -0.4 is 9.80 Å². The van der Waals surface area contributed by atoms with E-state index in [0.717, 1.165) is 10.5 Å². The SMILES string of the molecule is CC(=O)N1C(=O)[C@]2(c3ccccc31)[C@H](C(=O)c1ccccc1)[C@]1(C[C@]2(O)c2ccco2)C(=O)N(Cc2ccccc2)c2ccccc21. The lowest BCUT2D eigenvalue weighted by Gasteiger charge is -2.41. The Hall–Kier alpha value is -5.60. The maximum atomic E-state index is 15.4. The number of anilines is 2. The molecule has 8 heteroatoms. The molecule has 3 heterocycles. The third-order valence-electron chi connectivity index (χ3n) is 10.3. The normalized spacial score (nSPS) is 25.9. The molecule has 1 aliphatic carbocycles. The Morgan fingerprint density at radius 1 is 0.766 bits per heavy atom. The van der Waals surface area contributed by atoms with Crippen LogP contribution in [0.15, 0.2) is 132 Å². The van der Waals surface area contributed by atoms with Gasteiger partial charge in [-0.2, -0.15) is 0 Å². The molecule has 2 spiro atoms. The van der Waals surface area contributed by atoms with Gasteiger partial charge in [-0.15, -0.1) is 0 Å². The predicted octanol–water partition coefficient (Wildman–Crippen LogP) is 5.69. The van der Waals surface area contributed by atoms with Crippen LogP contribution in [0, 0.1) is 5.92 Å². The van der Waals surface area contributed by atoms with E-state index >= 15 is 14.4 Å².